The molecule has 1 fully saturated rings. The summed E-state index contributed by atoms with van der Waals surface area (Å²) >= 11 is 1.49. The quantitative estimate of drug-likeness (QED) is 0.867. The van der Waals surface area contributed by atoms with E-state index in [1.807, 2.05) is 24.9 Å². The highest BCUT2D eigenvalue weighted by Crippen LogP contribution is 2.42. The molecule has 0 spiro atoms. The summed E-state index contributed by atoms with van der Waals surface area (Å²) in [7, 11) is 1.97. The number of aryl methyl sites for hydroxylation is 2. The van der Waals surface area contributed by atoms with Crippen LogP contribution in [-0.4, -0.2) is 21.0 Å². The normalized spacial score (nSPS) is 16.9. The molecule has 0 radical (unpaired) electrons. The van der Waals surface area contributed by atoms with Gasteiger partial charge in [-0.1, -0.05) is 19.8 Å². The number of hydrogen-bond donors (Lipinski definition) is 1. The Morgan fingerprint density at radius 2 is 1.96 bits per heavy atom. The average Bonchev–Trinajstić information content (AvgIpc) is 3.04. The molecule has 0 bridgehead atoms. The van der Waals surface area contributed by atoms with Crippen molar-refractivity contribution in [3.63, 3.8) is 0 Å². The molecule has 4 nitrogen and oxygen atoms in total. The number of pyridine rings is 1. The van der Waals surface area contributed by atoms with Crippen molar-refractivity contribution in [1.82, 2.24) is 14.8 Å². The largest absolute Gasteiger partial charge is 0.356 e. The lowest BCUT2D eigenvalue weighted by molar-refractivity contribution is 0.466. The molecule has 1 N–H and O–H groups in total. The van der Waals surface area contributed by atoms with E-state index in [9.17, 15) is 4.79 Å². The molecule has 2 aromatic rings. The monoisotopic (exact) mass is 331 g/mol. The van der Waals surface area contributed by atoms with Gasteiger partial charge in [-0.05, 0) is 32.9 Å². The minimum absolute atomic E-state index is 0.0815. The van der Waals surface area contributed by atoms with Crippen LogP contribution in [0.15, 0.2) is 15.8 Å². The number of hydrogen-bond acceptors (Lipinski definition) is 3. The molecule has 0 unspecified atom stereocenters. The van der Waals surface area contributed by atoms with Gasteiger partial charge in [-0.15, -0.1) is 11.8 Å². The Morgan fingerprint density at radius 1 is 1.30 bits per heavy atom. The van der Waals surface area contributed by atoms with Gasteiger partial charge in [0.1, 0.15) is 0 Å². The third kappa shape index (κ3) is 2.65. The first-order valence-electron chi connectivity index (χ1n) is 8.20. The third-order valence-electron chi connectivity index (χ3n) is 5.18. The van der Waals surface area contributed by atoms with E-state index in [2.05, 4.69) is 18.8 Å². The molecule has 3 rings (SSSR count). The highest BCUT2D eigenvalue weighted by molar-refractivity contribution is 7.98. The molecule has 0 aliphatic heterocycles. The SMILES string of the molecule is CSc1c(C)[nH]c(-c2c(C)c(C3(C)CCCC3)nn2C)cc1=O. The molecule has 2 aromatic heterocycles. The summed E-state index contributed by atoms with van der Waals surface area (Å²) in [5.41, 5.74) is 5.47. The van der Waals surface area contributed by atoms with E-state index < -0.39 is 0 Å². The lowest BCUT2D eigenvalue weighted by Gasteiger charge is -2.21. The van der Waals surface area contributed by atoms with Gasteiger partial charge >= 0.3 is 0 Å². The molecule has 0 amide bonds. The Labute approximate surface area is 141 Å². The van der Waals surface area contributed by atoms with Crippen LogP contribution in [0.4, 0.5) is 0 Å². The molecular formula is C18H25N3OS. The fraction of sp³-hybridized carbons (Fsp3) is 0.556. The number of nitrogens with zero attached hydrogens (tertiary/aromatic N) is 2. The van der Waals surface area contributed by atoms with Crippen LogP contribution in [-0.2, 0) is 12.5 Å². The van der Waals surface area contributed by atoms with Crippen LogP contribution >= 0.6 is 11.8 Å². The van der Waals surface area contributed by atoms with E-state index in [0.717, 1.165) is 22.0 Å². The summed E-state index contributed by atoms with van der Waals surface area (Å²) in [6.45, 7) is 6.42. The van der Waals surface area contributed by atoms with Gasteiger partial charge in [-0.25, -0.2) is 0 Å². The number of aromatic nitrogens is 3. The standard InChI is InChI=1S/C18H25N3OS/c1-11-15(13-10-14(22)16(23-5)12(2)19-13)21(4)20-17(11)18(3)8-6-7-9-18/h10H,6-9H2,1-5H3,(H,19,22). The van der Waals surface area contributed by atoms with Gasteiger partial charge in [-0.2, -0.15) is 5.10 Å². The van der Waals surface area contributed by atoms with E-state index in [1.165, 1.54) is 48.7 Å². The fourth-order valence-corrected chi connectivity index (χ4v) is 4.65. The van der Waals surface area contributed by atoms with E-state index in [0.29, 0.717) is 0 Å². The van der Waals surface area contributed by atoms with Crippen LogP contribution in [0.25, 0.3) is 11.4 Å². The Kier molecular flexibility index (Phi) is 4.17. The van der Waals surface area contributed by atoms with Crippen molar-refractivity contribution < 1.29 is 0 Å². The van der Waals surface area contributed by atoms with Crippen molar-refractivity contribution in [3.05, 3.63) is 33.2 Å². The number of aromatic amines is 1. The maximum Gasteiger partial charge on any atom is 0.196 e. The first-order valence-corrected chi connectivity index (χ1v) is 9.42. The van der Waals surface area contributed by atoms with E-state index in [-0.39, 0.29) is 10.8 Å². The Hall–Kier alpha value is -1.49. The van der Waals surface area contributed by atoms with Gasteiger partial charge in [0.15, 0.2) is 5.43 Å². The van der Waals surface area contributed by atoms with Crippen molar-refractivity contribution in [3.8, 4) is 11.4 Å². The number of nitrogens with one attached hydrogen (secondary N) is 1. The number of H-pyrrole nitrogens is 1. The first kappa shape index (κ1) is 16.4. The summed E-state index contributed by atoms with van der Waals surface area (Å²) in [5, 5.41) is 4.83. The smallest absolute Gasteiger partial charge is 0.196 e. The van der Waals surface area contributed by atoms with E-state index in [1.54, 1.807) is 6.07 Å². The van der Waals surface area contributed by atoms with Gasteiger partial charge < -0.3 is 4.98 Å². The van der Waals surface area contributed by atoms with Crippen LogP contribution in [0.1, 0.15) is 49.6 Å². The molecule has 5 heteroatoms. The van der Waals surface area contributed by atoms with Gasteiger partial charge in [0.2, 0.25) is 0 Å². The van der Waals surface area contributed by atoms with Crippen molar-refractivity contribution >= 4 is 11.8 Å². The van der Waals surface area contributed by atoms with Crippen molar-refractivity contribution in [1.29, 1.82) is 0 Å². The predicted octanol–water partition coefficient (Wildman–Crippen LogP) is 3.95. The summed E-state index contributed by atoms with van der Waals surface area (Å²) in [6.07, 6.45) is 6.89. The minimum atomic E-state index is 0.0815. The zero-order chi connectivity index (χ0) is 16.8. The lowest BCUT2D eigenvalue weighted by atomic mass is 9.83. The van der Waals surface area contributed by atoms with E-state index >= 15 is 0 Å². The lowest BCUT2D eigenvalue weighted by Crippen LogP contribution is -2.19. The molecule has 0 aromatic carbocycles. The zero-order valence-electron chi connectivity index (χ0n) is 14.6. The summed E-state index contributed by atoms with van der Waals surface area (Å²) in [6, 6.07) is 1.71. The second kappa shape index (κ2) is 5.86. The maximum atomic E-state index is 12.3. The highest BCUT2D eigenvalue weighted by atomic mass is 32.2. The third-order valence-corrected chi connectivity index (χ3v) is 6.10. The predicted molar refractivity (Wildman–Crippen MR) is 96.3 cm³/mol. The van der Waals surface area contributed by atoms with Crippen molar-refractivity contribution in [2.24, 2.45) is 7.05 Å². The highest BCUT2D eigenvalue weighted by Gasteiger charge is 2.35. The van der Waals surface area contributed by atoms with Gasteiger partial charge in [-0.3, -0.25) is 9.48 Å². The minimum Gasteiger partial charge on any atom is -0.356 e. The molecule has 1 aliphatic carbocycles. The molecule has 2 heterocycles. The van der Waals surface area contributed by atoms with Crippen molar-refractivity contribution in [2.75, 3.05) is 6.26 Å². The van der Waals surface area contributed by atoms with E-state index in [4.69, 9.17) is 5.10 Å². The molecule has 1 saturated carbocycles. The Balaban J connectivity index is 2.15. The molecule has 23 heavy (non-hydrogen) atoms. The number of rotatable bonds is 3. The zero-order valence-corrected chi connectivity index (χ0v) is 15.4. The maximum absolute atomic E-state index is 12.3. The van der Waals surface area contributed by atoms with Crippen LogP contribution in [0.5, 0.6) is 0 Å². The van der Waals surface area contributed by atoms with Gasteiger partial charge in [0.25, 0.3) is 0 Å². The van der Waals surface area contributed by atoms with Crippen LogP contribution in [0.2, 0.25) is 0 Å². The Bertz CT molecular complexity index is 797. The molecule has 1 aliphatic rings. The first-order chi connectivity index (χ1) is 10.9. The molecule has 124 valence electrons. The van der Waals surface area contributed by atoms with Gasteiger partial charge in [0, 0.05) is 29.8 Å². The second-order valence-electron chi connectivity index (χ2n) is 6.92. The topological polar surface area (TPSA) is 50.7 Å². The van der Waals surface area contributed by atoms with Crippen molar-refractivity contribution in [2.45, 2.75) is 56.8 Å². The summed E-state index contributed by atoms with van der Waals surface area (Å²) in [5.74, 6) is 0. The van der Waals surface area contributed by atoms with Gasteiger partial charge in [0.05, 0.1) is 22.0 Å². The van der Waals surface area contributed by atoms with Crippen LogP contribution in [0.3, 0.4) is 0 Å². The summed E-state index contributed by atoms with van der Waals surface area (Å²) in [4.78, 5) is 16.5. The number of thioether (sulfide) groups is 1. The fourth-order valence-electron chi connectivity index (χ4n) is 4.03. The molecular weight excluding hydrogens is 306 g/mol. The Morgan fingerprint density at radius 3 is 2.52 bits per heavy atom. The van der Waals surface area contributed by atoms with Crippen LogP contribution < -0.4 is 5.43 Å². The second-order valence-corrected chi connectivity index (χ2v) is 7.74. The van der Waals surface area contributed by atoms with Crippen LogP contribution in [0, 0.1) is 13.8 Å². The molecule has 0 saturated heterocycles. The molecule has 0 atom stereocenters. The average molecular weight is 331 g/mol. The summed E-state index contributed by atoms with van der Waals surface area (Å²) < 4.78 is 1.93.